The molecule has 0 bridgehead atoms. The van der Waals surface area contributed by atoms with E-state index in [9.17, 15) is 13.2 Å². The lowest BCUT2D eigenvalue weighted by molar-refractivity contribution is -0.121. The number of hydrogen-bond donors (Lipinski definition) is 2. The van der Waals surface area contributed by atoms with Gasteiger partial charge in [0.25, 0.3) is 0 Å². The summed E-state index contributed by atoms with van der Waals surface area (Å²) in [6.45, 7) is 2.31. The van der Waals surface area contributed by atoms with Crippen LogP contribution in [-0.4, -0.2) is 34.9 Å². The maximum absolute atomic E-state index is 12.3. The molecule has 0 spiro atoms. The molecule has 2 N–H and O–H groups in total. The van der Waals surface area contributed by atoms with E-state index in [1.807, 2.05) is 29.8 Å². The van der Waals surface area contributed by atoms with Gasteiger partial charge in [0.1, 0.15) is 11.6 Å². The molecule has 0 radical (unpaired) electrons. The number of nitrogens with one attached hydrogen (secondary N) is 2. The number of imidazole rings is 1. The Morgan fingerprint density at radius 2 is 1.87 bits per heavy atom. The standard InChI is InChI=1S/C22H25N5O3S/c1-16-23-12-13-27(16)21-14-18(10-11-24-21)15-25-22(28)9-4-17-2-7-20(8-3-17)31(29,30)26-19-5-6-19/h2-3,7-8,10-14,19,26H,4-6,9,15H2,1H3,(H,25,28). The van der Waals surface area contributed by atoms with Gasteiger partial charge in [-0.25, -0.2) is 23.1 Å². The van der Waals surface area contributed by atoms with Crippen molar-refractivity contribution in [2.75, 3.05) is 0 Å². The molecule has 4 rings (SSSR count). The summed E-state index contributed by atoms with van der Waals surface area (Å²) in [6.07, 6.45) is 7.94. The van der Waals surface area contributed by atoms with Crippen molar-refractivity contribution >= 4 is 15.9 Å². The molecule has 0 atom stereocenters. The Labute approximate surface area is 181 Å². The lowest BCUT2D eigenvalue weighted by Crippen LogP contribution is -2.25. The average molecular weight is 440 g/mol. The van der Waals surface area contributed by atoms with Crippen LogP contribution in [0.25, 0.3) is 5.82 Å². The molecule has 2 aromatic heterocycles. The van der Waals surface area contributed by atoms with Gasteiger partial charge in [-0.05, 0) is 61.6 Å². The minimum Gasteiger partial charge on any atom is -0.352 e. The second-order valence-corrected chi connectivity index (χ2v) is 9.40. The molecule has 1 aromatic carbocycles. The fraction of sp³-hybridized carbons (Fsp3) is 0.318. The first-order valence-electron chi connectivity index (χ1n) is 10.2. The molecule has 1 fully saturated rings. The monoisotopic (exact) mass is 439 g/mol. The van der Waals surface area contributed by atoms with Crippen molar-refractivity contribution in [3.05, 3.63) is 71.9 Å². The van der Waals surface area contributed by atoms with Gasteiger partial charge in [0.05, 0.1) is 4.90 Å². The minimum absolute atomic E-state index is 0.0655. The van der Waals surface area contributed by atoms with Gasteiger partial charge in [0.15, 0.2) is 0 Å². The molecule has 1 amide bonds. The van der Waals surface area contributed by atoms with Crippen LogP contribution < -0.4 is 10.0 Å². The zero-order valence-corrected chi connectivity index (χ0v) is 18.1. The van der Waals surface area contributed by atoms with Gasteiger partial charge in [-0.3, -0.25) is 9.36 Å². The Kier molecular flexibility index (Phi) is 6.15. The topological polar surface area (TPSA) is 106 Å². The molecule has 0 unspecified atom stereocenters. The van der Waals surface area contributed by atoms with Crippen LogP contribution in [0.2, 0.25) is 0 Å². The molecule has 2 heterocycles. The summed E-state index contributed by atoms with van der Waals surface area (Å²) < 4.78 is 29.0. The Hall–Kier alpha value is -3.04. The Morgan fingerprint density at radius 1 is 1.10 bits per heavy atom. The quantitative estimate of drug-likeness (QED) is 0.532. The van der Waals surface area contributed by atoms with Gasteiger partial charge >= 0.3 is 0 Å². The number of nitrogens with zero attached hydrogens (tertiary/aromatic N) is 3. The predicted octanol–water partition coefficient (Wildman–Crippen LogP) is 2.27. The van der Waals surface area contributed by atoms with E-state index < -0.39 is 10.0 Å². The molecule has 1 saturated carbocycles. The first kappa shape index (κ1) is 21.2. The highest BCUT2D eigenvalue weighted by molar-refractivity contribution is 7.89. The van der Waals surface area contributed by atoms with Gasteiger partial charge in [0.2, 0.25) is 15.9 Å². The van der Waals surface area contributed by atoms with Crippen molar-refractivity contribution in [1.29, 1.82) is 0 Å². The first-order valence-corrected chi connectivity index (χ1v) is 11.7. The van der Waals surface area contributed by atoms with E-state index in [0.29, 0.717) is 19.4 Å². The van der Waals surface area contributed by atoms with E-state index in [1.54, 1.807) is 36.7 Å². The molecule has 9 heteroatoms. The third-order valence-corrected chi connectivity index (χ3v) is 6.68. The summed E-state index contributed by atoms with van der Waals surface area (Å²) in [5, 5.41) is 2.92. The summed E-state index contributed by atoms with van der Waals surface area (Å²) in [7, 11) is -3.45. The minimum atomic E-state index is -3.45. The molecule has 31 heavy (non-hydrogen) atoms. The van der Waals surface area contributed by atoms with Crippen LogP contribution in [0.5, 0.6) is 0 Å². The summed E-state index contributed by atoms with van der Waals surface area (Å²) in [4.78, 5) is 21.1. The number of pyridine rings is 1. The van der Waals surface area contributed by atoms with E-state index in [-0.39, 0.29) is 16.8 Å². The number of carbonyl (C=O) groups excluding carboxylic acids is 1. The number of amides is 1. The van der Waals surface area contributed by atoms with Crippen molar-refractivity contribution in [3.8, 4) is 5.82 Å². The lowest BCUT2D eigenvalue weighted by atomic mass is 10.1. The van der Waals surface area contributed by atoms with Gasteiger partial charge < -0.3 is 5.32 Å². The molecule has 8 nitrogen and oxygen atoms in total. The third-order valence-electron chi connectivity index (χ3n) is 5.15. The third kappa shape index (κ3) is 5.56. The fourth-order valence-electron chi connectivity index (χ4n) is 3.19. The highest BCUT2D eigenvalue weighted by atomic mass is 32.2. The molecule has 0 aliphatic heterocycles. The first-order chi connectivity index (χ1) is 14.9. The van der Waals surface area contributed by atoms with Crippen LogP contribution in [0.3, 0.4) is 0 Å². The number of aromatic nitrogens is 3. The molecule has 1 aliphatic carbocycles. The number of hydrogen-bond acceptors (Lipinski definition) is 5. The Bertz CT molecular complexity index is 1170. The van der Waals surface area contributed by atoms with E-state index in [1.165, 1.54) is 0 Å². The van der Waals surface area contributed by atoms with Crippen molar-refractivity contribution in [3.63, 3.8) is 0 Å². The second kappa shape index (κ2) is 8.99. The highest BCUT2D eigenvalue weighted by Gasteiger charge is 2.27. The van der Waals surface area contributed by atoms with Crippen LogP contribution in [-0.2, 0) is 27.8 Å². The largest absolute Gasteiger partial charge is 0.352 e. The Balaban J connectivity index is 1.27. The maximum Gasteiger partial charge on any atom is 0.240 e. The van der Waals surface area contributed by atoms with Crippen molar-refractivity contribution < 1.29 is 13.2 Å². The van der Waals surface area contributed by atoms with Crippen LogP contribution >= 0.6 is 0 Å². The smallest absolute Gasteiger partial charge is 0.240 e. The fourth-order valence-corrected chi connectivity index (χ4v) is 4.50. The molecule has 1 aliphatic rings. The number of rotatable bonds is 9. The molecule has 0 saturated heterocycles. The van der Waals surface area contributed by atoms with Crippen LogP contribution in [0.15, 0.2) is 59.9 Å². The molecular weight excluding hydrogens is 414 g/mol. The highest BCUT2D eigenvalue weighted by Crippen LogP contribution is 2.22. The Morgan fingerprint density at radius 3 is 2.55 bits per heavy atom. The van der Waals surface area contributed by atoms with Crippen LogP contribution in [0, 0.1) is 6.92 Å². The normalized spacial score (nSPS) is 13.8. The van der Waals surface area contributed by atoms with Crippen molar-refractivity contribution in [1.82, 2.24) is 24.6 Å². The van der Waals surface area contributed by atoms with Crippen LogP contribution in [0.4, 0.5) is 0 Å². The number of sulfonamides is 1. The van der Waals surface area contributed by atoms with Crippen molar-refractivity contribution in [2.24, 2.45) is 0 Å². The predicted molar refractivity (Wildman–Crippen MR) is 116 cm³/mol. The second-order valence-electron chi connectivity index (χ2n) is 7.68. The van der Waals surface area contributed by atoms with Crippen molar-refractivity contribution in [2.45, 2.75) is 50.1 Å². The summed E-state index contributed by atoms with van der Waals surface area (Å²) in [6, 6.07) is 10.6. The van der Waals surface area contributed by atoms with E-state index in [4.69, 9.17) is 0 Å². The number of benzene rings is 1. The van der Waals surface area contributed by atoms with Gasteiger partial charge in [-0.15, -0.1) is 0 Å². The molecule has 3 aromatic rings. The van der Waals surface area contributed by atoms with E-state index in [2.05, 4.69) is 20.0 Å². The van der Waals surface area contributed by atoms with E-state index in [0.717, 1.165) is 35.6 Å². The average Bonchev–Trinajstić information content (AvgIpc) is 3.46. The number of aryl methyl sites for hydroxylation is 2. The molecular formula is C22H25N5O3S. The zero-order chi connectivity index (χ0) is 21.8. The SMILES string of the molecule is Cc1nccn1-c1cc(CNC(=O)CCc2ccc(S(=O)(=O)NC3CC3)cc2)ccn1. The van der Waals surface area contributed by atoms with Gasteiger partial charge in [-0.2, -0.15) is 0 Å². The lowest BCUT2D eigenvalue weighted by Gasteiger charge is -2.09. The van der Waals surface area contributed by atoms with Gasteiger partial charge in [-0.1, -0.05) is 12.1 Å². The summed E-state index contributed by atoms with van der Waals surface area (Å²) in [5.74, 6) is 1.54. The number of carbonyl (C=O) groups is 1. The van der Waals surface area contributed by atoms with Crippen LogP contribution in [0.1, 0.15) is 36.2 Å². The van der Waals surface area contributed by atoms with Gasteiger partial charge in [0, 0.05) is 37.6 Å². The zero-order valence-electron chi connectivity index (χ0n) is 17.3. The van der Waals surface area contributed by atoms with E-state index >= 15 is 0 Å². The molecule has 162 valence electrons. The summed E-state index contributed by atoms with van der Waals surface area (Å²) in [5.41, 5.74) is 1.87. The summed E-state index contributed by atoms with van der Waals surface area (Å²) >= 11 is 0. The maximum atomic E-state index is 12.3.